The number of Topliss-reactive ketones (excluding diaryl/α,β-unsaturated/α-hetero) is 1. The molecule has 3 nitrogen and oxygen atoms in total. The Bertz CT molecular complexity index is 388. The van der Waals surface area contributed by atoms with E-state index >= 15 is 0 Å². The van der Waals surface area contributed by atoms with E-state index in [1.54, 1.807) is 21.1 Å². The number of rotatable bonds is 5. The average molecular weight is 287 g/mol. The van der Waals surface area contributed by atoms with Gasteiger partial charge in [-0.15, -0.1) is 0 Å². The zero-order chi connectivity index (χ0) is 12.1. The fraction of sp³-hybridized carbons (Fsp3) is 0.417. The summed E-state index contributed by atoms with van der Waals surface area (Å²) in [6.07, 6.45) is 0.370. The third kappa shape index (κ3) is 3.32. The van der Waals surface area contributed by atoms with E-state index in [2.05, 4.69) is 15.9 Å². The molecule has 0 radical (unpaired) electrons. The van der Waals surface area contributed by atoms with Crippen LogP contribution in [0, 0.1) is 0 Å². The summed E-state index contributed by atoms with van der Waals surface area (Å²) in [5.41, 5.74) is 1.88. The second-order valence-corrected chi connectivity index (χ2v) is 4.47. The normalized spacial score (nSPS) is 10.2. The molecule has 0 fully saturated rings. The van der Waals surface area contributed by atoms with Crippen molar-refractivity contribution in [2.24, 2.45) is 0 Å². The number of ether oxygens (including phenoxy) is 2. The highest BCUT2D eigenvalue weighted by molar-refractivity contribution is 9.10. The van der Waals surface area contributed by atoms with Crippen LogP contribution >= 0.6 is 15.9 Å². The van der Waals surface area contributed by atoms with E-state index in [1.807, 2.05) is 12.1 Å². The maximum Gasteiger partial charge on any atom is 0.134 e. The molecule has 0 unspecified atom stereocenters. The third-order valence-electron chi connectivity index (χ3n) is 2.21. The number of carbonyl (C=O) groups excluding carboxylic acids is 1. The van der Waals surface area contributed by atoms with Crippen LogP contribution in [0.4, 0.5) is 0 Å². The first-order chi connectivity index (χ1) is 7.58. The molecule has 0 aliphatic carbocycles. The summed E-state index contributed by atoms with van der Waals surface area (Å²) >= 11 is 3.40. The number of methoxy groups -OCH3 is 2. The van der Waals surface area contributed by atoms with Crippen molar-refractivity contribution in [2.45, 2.75) is 20.0 Å². The summed E-state index contributed by atoms with van der Waals surface area (Å²) < 4.78 is 11.3. The highest BCUT2D eigenvalue weighted by Crippen LogP contribution is 2.28. The predicted octanol–water partition coefficient (Wildman–Crippen LogP) is 2.74. The molecule has 0 atom stereocenters. The topological polar surface area (TPSA) is 35.5 Å². The monoisotopic (exact) mass is 286 g/mol. The first-order valence-corrected chi connectivity index (χ1v) is 5.71. The van der Waals surface area contributed by atoms with Crippen LogP contribution in [0.3, 0.4) is 0 Å². The van der Waals surface area contributed by atoms with Crippen LogP contribution in [0.5, 0.6) is 5.75 Å². The van der Waals surface area contributed by atoms with Crippen molar-refractivity contribution in [1.29, 1.82) is 0 Å². The minimum absolute atomic E-state index is 0.109. The predicted molar refractivity (Wildman–Crippen MR) is 65.8 cm³/mol. The molecule has 0 aliphatic heterocycles. The molecule has 1 rings (SSSR count). The molecule has 1 aromatic carbocycles. The molecule has 0 N–H and O–H groups in total. The van der Waals surface area contributed by atoms with Gasteiger partial charge in [0, 0.05) is 23.6 Å². The standard InChI is InChI=1S/C12H15BrO3/c1-8(14)4-11-9(7-15-2)5-10(13)6-12(11)16-3/h5-6H,4,7H2,1-3H3. The molecule has 0 aromatic heterocycles. The Kier molecular flexibility index (Phi) is 4.96. The summed E-state index contributed by atoms with van der Waals surface area (Å²) in [7, 11) is 3.23. The van der Waals surface area contributed by atoms with Crippen LogP contribution < -0.4 is 4.74 Å². The molecule has 0 saturated heterocycles. The van der Waals surface area contributed by atoms with Gasteiger partial charge in [-0.05, 0) is 24.6 Å². The summed E-state index contributed by atoms with van der Waals surface area (Å²) in [4.78, 5) is 11.2. The molecule has 0 spiro atoms. The fourth-order valence-corrected chi connectivity index (χ4v) is 2.07. The van der Waals surface area contributed by atoms with E-state index in [1.165, 1.54) is 0 Å². The Morgan fingerprint density at radius 3 is 2.56 bits per heavy atom. The number of hydrogen-bond acceptors (Lipinski definition) is 3. The molecule has 1 aromatic rings. The zero-order valence-corrected chi connectivity index (χ0v) is 11.3. The lowest BCUT2D eigenvalue weighted by atomic mass is 10.0. The minimum atomic E-state index is 0.109. The Morgan fingerprint density at radius 1 is 1.38 bits per heavy atom. The van der Waals surface area contributed by atoms with Crippen molar-refractivity contribution >= 4 is 21.7 Å². The van der Waals surface area contributed by atoms with Gasteiger partial charge >= 0.3 is 0 Å². The number of benzene rings is 1. The Morgan fingerprint density at radius 2 is 2.06 bits per heavy atom. The van der Waals surface area contributed by atoms with E-state index in [0.717, 1.165) is 21.3 Å². The van der Waals surface area contributed by atoms with E-state index in [-0.39, 0.29) is 5.78 Å². The molecule has 0 heterocycles. The van der Waals surface area contributed by atoms with Gasteiger partial charge in [-0.1, -0.05) is 15.9 Å². The lowest BCUT2D eigenvalue weighted by Gasteiger charge is -2.13. The molecule has 4 heteroatoms. The van der Waals surface area contributed by atoms with Crippen molar-refractivity contribution in [3.63, 3.8) is 0 Å². The second-order valence-electron chi connectivity index (χ2n) is 3.56. The molecular weight excluding hydrogens is 272 g/mol. The molecule has 0 aliphatic rings. The molecule has 16 heavy (non-hydrogen) atoms. The SMILES string of the molecule is COCc1cc(Br)cc(OC)c1CC(C)=O. The van der Waals surface area contributed by atoms with Gasteiger partial charge in [0.25, 0.3) is 0 Å². The lowest BCUT2D eigenvalue weighted by Crippen LogP contribution is -2.05. The van der Waals surface area contributed by atoms with Gasteiger partial charge in [-0.2, -0.15) is 0 Å². The molecule has 0 bridgehead atoms. The maximum absolute atomic E-state index is 11.2. The van der Waals surface area contributed by atoms with E-state index < -0.39 is 0 Å². The quantitative estimate of drug-likeness (QED) is 0.835. The number of halogens is 1. The average Bonchev–Trinajstić information content (AvgIpc) is 2.21. The van der Waals surface area contributed by atoms with Crippen LogP contribution in [0.25, 0.3) is 0 Å². The zero-order valence-electron chi connectivity index (χ0n) is 9.67. The lowest BCUT2D eigenvalue weighted by molar-refractivity contribution is -0.116. The molecule has 88 valence electrons. The van der Waals surface area contributed by atoms with Gasteiger partial charge in [0.05, 0.1) is 13.7 Å². The summed E-state index contributed by atoms with van der Waals surface area (Å²) in [6.45, 7) is 2.04. The van der Waals surface area contributed by atoms with Crippen molar-refractivity contribution in [3.05, 3.63) is 27.7 Å². The maximum atomic E-state index is 11.2. The van der Waals surface area contributed by atoms with E-state index in [0.29, 0.717) is 13.0 Å². The van der Waals surface area contributed by atoms with Gasteiger partial charge in [-0.3, -0.25) is 4.79 Å². The van der Waals surface area contributed by atoms with Gasteiger partial charge in [-0.25, -0.2) is 0 Å². The molecule has 0 saturated carbocycles. The Labute approximate surface area is 104 Å². The second kappa shape index (κ2) is 6.01. The van der Waals surface area contributed by atoms with Gasteiger partial charge < -0.3 is 9.47 Å². The summed E-state index contributed by atoms with van der Waals surface area (Å²) in [5, 5.41) is 0. The third-order valence-corrected chi connectivity index (χ3v) is 2.67. The largest absolute Gasteiger partial charge is 0.496 e. The van der Waals surface area contributed by atoms with Crippen LogP contribution in [0.1, 0.15) is 18.1 Å². The number of hydrogen-bond donors (Lipinski definition) is 0. The van der Waals surface area contributed by atoms with E-state index in [9.17, 15) is 4.79 Å². The van der Waals surface area contributed by atoms with Crippen molar-refractivity contribution in [2.75, 3.05) is 14.2 Å². The summed E-state index contributed by atoms with van der Waals surface area (Å²) in [5.74, 6) is 0.828. The fourth-order valence-electron chi connectivity index (χ4n) is 1.58. The highest BCUT2D eigenvalue weighted by atomic mass is 79.9. The van der Waals surface area contributed by atoms with Crippen LogP contribution in [0.2, 0.25) is 0 Å². The van der Waals surface area contributed by atoms with Gasteiger partial charge in [0.1, 0.15) is 11.5 Å². The van der Waals surface area contributed by atoms with Crippen molar-refractivity contribution < 1.29 is 14.3 Å². The van der Waals surface area contributed by atoms with Crippen molar-refractivity contribution in [3.8, 4) is 5.75 Å². The van der Waals surface area contributed by atoms with Crippen molar-refractivity contribution in [1.82, 2.24) is 0 Å². The van der Waals surface area contributed by atoms with E-state index in [4.69, 9.17) is 9.47 Å². The Balaban J connectivity index is 3.20. The number of ketones is 1. The first kappa shape index (κ1) is 13.2. The van der Waals surface area contributed by atoms with Crippen LogP contribution in [-0.4, -0.2) is 20.0 Å². The molecular formula is C12H15BrO3. The van der Waals surface area contributed by atoms with Gasteiger partial charge in [0.2, 0.25) is 0 Å². The Hall–Kier alpha value is -0.870. The van der Waals surface area contributed by atoms with Gasteiger partial charge in [0.15, 0.2) is 0 Å². The molecule has 0 amide bonds. The minimum Gasteiger partial charge on any atom is -0.496 e. The summed E-state index contributed by atoms with van der Waals surface area (Å²) in [6, 6.07) is 3.81. The van der Waals surface area contributed by atoms with Crippen LogP contribution in [-0.2, 0) is 22.6 Å². The number of carbonyl (C=O) groups is 1. The first-order valence-electron chi connectivity index (χ1n) is 4.92. The highest BCUT2D eigenvalue weighted by Gasteiger charge is 2.12. The van der Waals surface area contributed by atoms with Crippen LogP contribution in [0.15, 0.2) is 16.6 Å². The smallest absolute Gasteiger partial charge is 0.134 e.